The van der Waals surface area contributed by atoms with Crippen LogP contribution in [0.3, 0.4) is 0 Å². The molecule has 1 fully saturated rings. The van der Waals surface area contributed by atoms with Crippen LogP contribution in [0.4, 0.5) is 0 Å². The van der Waals surface area contributed by atoms with E-state index in [1.807, 2.05) is 6.07 Å². The Morgan fingerprint density at radius 3 is 2.45 bits per heavy atom. The summed E-state index contributed by atoms with van der Waals surface area (Å²) >= 11 is 0. The lowest BCUT2D eigenvalue weighted by Gasteiger charge is -2.05. The molecule has 1 aliphatic rings. The van der Waals surface area contributed by atoms with Crippen LogP contribution in [0.5, 0.6) is 0 Å². The second-order valence-corrected chi connectivity index (χ2v) is 5.27. The van der Waals surface area contributed by atoms with Gasteiger partial charge in [-0.05, 0) is 25.0 Å². The second-order valence-electron chi connectivity index (χ2n) is 5.27. The van der Waals surface area contributed by atoms with E-state index in [0.717, 1.165) is 18.6 Å². The van der Waals surface area contributed by atoms with Crippen LogP contribution in [0.2, 0.25) is 0 Å². The van der Waals surface area contributed by atoms with Crippen molar-refractivity contribution < 1.29 is 14.1 Å². The van der Waals surface area contributed by atoms with Crippen LogP contribution >= 0.6 is 0 Å². The minimum absolute atomic E-state index is 0.160. The standard InChI is InChI=1S/C16H17N3O3/c20-15(12-4-2-1-3-5-12)17-8-9-18-16(21)13-10-14(22-19-13)11-6-7-11/h1-5,10-11H,6-9H2,(H,17,20)(H,18,21). The van der Waals surface area contributed by atoms with Gasteiger partial charge in [-0.2, -0.15) is 0 Å². The van der Waals surface area contributed by atoms with Gasteiger partial charge in [0.2, 0.25) is 0 Å². The van der Waals surface area contributed by atoms with Crippen molar-refractivity contribution in [2.24, 2.45) is 0 Å². The van der Waals surface area contributed by atoms with E-state index in [2.05, 4.69) is 15.8 Å². The van der Waals surface area contributed by atoms with Gasteiger partial charge in [0.15, 0.2) is 5.69 Å². The lowest BCUT2D eigenvalue weighted by Crippen LogP contribution is -2.34. The predicted molar refractivity (Wildman–Crippen MR) is 79.6 cm³/mol. The monoisotopic (exact) mass is 299 g/mol. The number of carbonyl (C=O) groups is 2. The maximum Gasteiger partial charge on any atom is 0.273 e. The molecule has 3 rings (SSSR count). The molecular weight excluding hydrogens is 282 g/mol. The maximum atomic E-state index is 11.9. The molecule has 6 nitrogen and oxygen atoms in total. The number of hydrogen-bond acceptors (Lipinski definition) is 4. The number of rotatable bonds is 6. The summed E-state index contributed by atoms with van der Waals surface area (Å²) in [6.45, 7) is 0.690. The summed E-state index contributed by atoms with van der Waals surface area (Å²) < 4.78 is 5.13. The first-order valence-electron chi connectivity index (χ1n) is 7.32. The molecule has 1 aromatic heterocycles. The van der Waals surface area contributed by atoms with E-state index in [-0.39, 0.29) is 17.5 Å². The van der Waals surface area contributed by atoms with Crippen molar-refractivity contribution in [2.75, 3.05) is 13.1 Å². The molecule has 1 aliphatic carbocycles. The Morgan fingerprint density at radius 2 is 1.77 bits per heavy atom. The highest BCUT2D eigenvalue weighted by Gasteiger charge is 2.28. The highest BCUT2D eigenvalue weighted by molar-refractivity contribution is 5.94. The lowest BCUT2D eigenvalue weighted by molar-refractivity contribution is 0.0922. The molecule has 0 saturated heterocycles. The van der Waals surface area contributed by atoms with Gasteiger partial charge >= 0.3 is 0 Å². The van der Waals surface area contributed by atoms with Gasteiger partial charge in [0.1, 0.15) is 5.76 Å². The van der Waals surface area contributed by atoms with Gasteiger partial charge in [-0.25, -0.2) is 0 Å². The summed E-state index contributed by atoms with van der Waals surface area (Å²) in [6, 6.07) is 10.6. The average molecular weight is 299 g/mol. The highest BCUT2D eigenvalue weighted by Crippen LogP contribution is 2.40. The van der Waals surface area contributed by atoms with E-state index in [1.54, 1.807) is 30.3 Å². The molecule has 22 heavy (non-hydrogen) atoms. The number of benzene rings is 1. The summed E-state index contributed by atoms with van der Waals surface area (Å²) in [7, 11) is 0. The molecule has 0 radical (unpaired) electrons. The smallest absolute Gasteiger partial charge is 0.273 e. The van der Waals surface area contributed by atoms with Crippen molar-refractivity contribution in [2.45, 2.75) is 18.8 Å². The number of hydrogen-bond donors (Lipinski definition) is 2. The molecule has 0 unspecified atom stereocenters. The molecule has 2 N–H and O–H groups in total. The van der Waals surface area contributed by atoms with E-state index in [0.29, 0.717) is 24.6 Å². The fraction of sp³-hybridized carbons (Fsp3) is 0.312. The zero-order chi connectivity index (χ0) is 15.4. The summed E-state index contributed by atoms with van der Waals surface area (Å²) in [5.74, 6) is 0.763. The van der Waals surface area contributed by atoms with E-state index in [4.69, 9.17) is 4.52 Å². The minimum Gasteiger partial charge on any atom is -0.360 e. The normalized spacial score (nSPS) is 13.6. The van der Waals surface area contributed by atoms with E-state index in [9.17, 15) is 9.59 Å². The average Bonchev–Trinajstić information content (AvgIpc) is 3.29. The molecule has 1 aromatic carbocycles. The highest BCUT2D eigenvalue weighted by atomic mass is 16.5. The third-order valence-electron chi connectivity index (χ3n) is 3.47. The third-order valence-corrected chi connectivity index (χ3v) is 3.47. The van der Waals surface area contributed by atoms with E-state index in [1.165, 1.54) is 0 Å². The number of nitrogens with zero attached hydrogens (tertiary/aromatic N) is 1. The quantitative estimate of drug-likeness (QED) is 0.795. The summed E-state index contributed by atoms with van der Waals surface area (Å²) in [5.41, 5.74) is 0.885. The van der Waals surface area contributed by atoms with Gasteiger partial charge in [-0.15, -0.1) is 0 Å². The summed E-state index contributed by atoms with van der Waals surface area (Å²) in [5, 5.41) is 9.21. The fourth-order valence-electron chi connectivity index (χ4n) is 2.09. The SMILES string of the molecule is O=C(NCCNC(=O)c1cc(C2CC2)on1)c1ccccc1. The Balaban J connectivity index is 1.40. The number of carbonyl (C=O) groups excluding carboxylic acids is 2. The van der Waals surface area contributed by atoms with Crippen LogP contribution in [0.15, 0.2) is 40.9 Å². The lowest BCUT2D eigenvalue weighted by atomic mass is 10.2. The van der Waals surface area contributed by atoms with E-state index >= 15 is 0 Å². The Bertz CT molecular complexity index is 662. The molecule has 0 aliphatic heterocycles. The molecule has 2 amide bonds. The van der Waals surface area contributed by atoms with Gasteiger partial charge in [-0.1, -0.05) is 23.4 Å². The van der Waals surface area contributed by atoms with E-state index < -0.39 is 0 Å². The van der Waals surface area contributed by atoms with Crippen LogP contribution in [0.25, 0.3) is 0 Å². The van der Waals surface area contributed by atoms with Crippen molar-refractivity contribution in [3.05, 3.63) is 53.4 Å². The van der Waals surface area contributed by atoms with Crippen LogP contribution in [-0.4, -0.2) is 30.1 Å². The Labute approximate surface area is 127 Å². The zero-order valence-corrected chi connectivity index (χ0v) is 12.0. The van der Waals surface area contributed by atoms with Crippen LogP contribution < -0.4 is 10.6 Å². The van der Waals surface area contributed by atoms with Crippen LogP contribution in [0, 0.1) is 0 Å². The first-order chi connectivity index (χ1) is 10.7. The number of amides is 2. The fourth-order valence-corrected chi connectivity index (χ4v) is 2.09. The molecule has 114 valence electrons. The summed E-state index contributed by atoms with van der Waals surface area (Å²) in [4.78, 5) is 23.7. The molecule has 0 spiro atoms. The predicted octanol–water partition coefficient (Wildman–Crippen LogP) is 1.71. The van der Waals surface area contributed by atoms with Crippen molar-refractivity contribution in [3.63, 3.8) is 0 Å². The Hall–Kier alpha value is -2.63. The Kier molecular flexibility index (Phi) is 4.18. The molecule has 1 heterocycles. The molecule has 0 bridgehead atoms. The van der Waals surface area contributed by atoms with Gasteiger partial charge in [-0.3, -0.25) is 9.59 Å². The molecule has 2 aromatic rings. The number of aromatic nitrogens is 1. The van der Waals surface area contributed by atoms with Crippen molar-refractivity contribution >= 4 is 11.8 Å². The maximum absolute atomic E-state index is 11.9. The largest absolute Gasteiger partial charge is 0.360 e. The number of nitrogens with one attached hydrogen (secondary N) is 2. The third kappa shape index (κ3) is 3.52. The summed E-state index contributed by atoms with van der Waals surface area (Å²) in [6.07, 6.45) is 2.20. The van der Waals surface area contributed by atoms with Gasteiger partial charge in [0.05, 0.1) is 0 Å². The molecule has 6 heteroatoms. The van der Waals surface area contributed by atoms with Crippen molar-refractivity contribution in [1.82, 2.24) is 15.8 Å². The second kappa shape index (κ2) is 6.43. The molecule has 1 saturated carbocycles. The molecule has 0 atom stereocenters. The van der Waals surface area contributed by atoms with Crippen LogP contribution in [0.1, 0.15) is 45.4 Å². The van der Waals surface area contributed by atoms with Crippen molar-refractivity contribution in [1.29, 1.82) is 0 Å². The van der Waals surface area contributed by atoms with Gasteiger partial charge < -0.3 is 15.2 Å². The zero-order valence-electron chi connectivity index (χ0n) is 12.0. The van der Waals surface area contributed by atoms with Crippen molar-refractivity contribution in [3.8, 4) is 0 Å². The Morgan fingerprint density at radius 1 is 1.09 bits per heavy atom. The van der Waals surface area contributed by atoms with Crippen LogP contribution in [-0.2, 0) is 0 Å². The molecular formula is C16H17N3O3. The first kappa shape index (κ1) is 14.3. The topological polar surface area (TPSA) is 84.2 Å². The minimum atomic E-state index is -0.287. The van der Waals surface area contributed by atoms with Gasteiger partial charge in [0.25, 0.3) is 11.8 Å². The van der Waals surface area contributed by atoms with Gasteiger partial charge in [0, 0.05) is 30.6 Å². The first-order valence-corrected chi connectivity index (χ1v) is 7.32.